The minimum Gasteiger partial charge on any atom is -0.343 e. The first kappa shape index (κ1) is 25.3. The molecule has 0 amide bonds. The van der Waals surface area contributed by atoms with E-state index in [4.69, 9.17) is 11.6 Å². The average Bonchev–Trinajstić information content (AvgIpc) is 3.49. The molecule has 0 saturated carbocycles. The molecule has 0 aliphatic carbocycles. The van der Waals surface area contributed by atoms with Gasteiger partial charge in [0, 0.05) is 71.2 Å². The van der Waals surface area contributed by atoms with Gasteiger partial charge in [-0.3, -0.25) is 9.97 Å². The van der Waals surface area contributed by atoms with Crippen LogP contribution < -0.4 is 5.69 Å². The van der Waals surface area contributed by atoms with Gasteiger partial charge in [-0.25, -0.2) is 19.7 Å². The molecule has 0 bridgehead atoms. The number of aromatic amines is 1. The monoisotopic (exact) mass is 526 g/mol. The van der Waals surface area contributed by atoms with Gasteiger partial charge in [0.25, 0.3) is 0 Å². The summed E-state index contributed by atoms with van der Waals surface area (Å²) in [4.78, 5) is 34.4. The lowest BCUT2D eigenvalue weighted by molar-refractivity contribution is 0.622. The van der Waals surface area contributed by atoms with Gasteiger partial charge >= 0.3 is 5.69 Å². The van der Waals surface area contributed by atoms with Crippen molar-refractivity contribution < 1.29 is 0 Å². The molecule has 6 rings (SSSR count). The molecule has 192 valence electrons. The number of pyridine rings is 2. The number of nitrogens with one attached hydrogen (secondary N) is 1. The van der Waals surface area contributed by atoms with Crippen LogP contribution in [0.4, 0.5) is 0 Å². The van der Waals surface area contributed by atoms with Crippen molar-refractivity contribution in [2.75, 3.05) is 0 Å². The van der Waals surface area contributed by atoms with Crippen LogP contribution in [0.3, 0.4) is 0 Å². The molecule has 10 heteroatoms. The summed E-state index contributed by atoms with van der Waals surface area (Å²) in [5, 5.41) is 2.46. The fourth-order valence-electron chi connectivity index (χ4n) is 4.48. The molecular formula is C28H27ClN8O. The Morgan fingerprint density at radius 1 is 0.763 bits per heavy atom. The Kier molecular flexibility index (Phi) is 7.02. The molecule has 1 N–H and O–H groups in total. The first-order valence-corrected chi connectivity index (χ1v) is 12.6. The average molecular weight is 527 g/mol. The summed E-state index contributed by atoms with van der Waals surface area (Å²) in [6, 6.07) is 8.32. The zero-order valence-electron chi connectivity index (χ0n) is 21.5. The van der Waals surface area contributed by atoms with E-state index in [0.717, 1.165) is 44.3 Å². The van der Waals surface area contributed by atoms with Crippen molar-refractivity contribution in [3.63, 3.8) is 0 Å². The molecule has 6 aromatic rings. The van der Waals surface area contributed by atoms with E-state index in [1.54, 1.807) is 24.7 Å². The molecular weight excluding hydrogens is 500 g/mol. The van der Waals surface area contributed by atoms with Gasteiger partial charge in [-0.15, -0.1) is 0 Å². The van der Waals surface area contributed by atoms with Crippen LogP contribution in [-0.2, 0) is 0 Å². The van der Waals surface area contributed by atoms with E-state index < -0.39 is 0 Å². The van der Waals surface area contributed by atoms with Gasteiger partial charge in [0.15, 0.2) is 0 Å². The van der Waals surface area contributed by atoms with E-state index in [-0.39, 0.29) is 11.0 Å². The van der Waals surface area contributed by atoms with Crippen LogP contribution in [-0.4, -0.2) is 39.0 Å². The van der Waals surface area contributed by atoms with Gasteiger partial charge in [0.2, 0.25) is 5.28 Å². The fraction of sp³-hybridized carbons (Fsp3) is 0.214. The van der Waals surface area contributed by atoms with Crippen molar-refractivity contribution in [3.05, 3.63) is 89.6 Å². The maximum atomic E-state index is 11.4. The van der Waals surface area contributed by atoms with Crippen molar-refractivity contribution >= 4 is 33.4 Å². The summed E-state index contributed by atoms with van der Waals surface area (Å²) in [6.07, 6.45) is 14.6. The number of hydrogen-bond acceptors (Lipinski definition) is 6. The number of aromatic nitrogens is 8. The van der Waals surface area contributed by atoms with Crippen molar-refractivity contribution in [1.29, 1.82) is 0 Å². The highest BCUT2D eigenvalue weighted by Gasteiger charge is 2.14. The van der Waals surface area contributed by atoms with Crippen molar-refractivity contribution in [1.82, 2.24) is 39.0 Å². The maximum absolute atomic E-state index is 11.4. The Labute approximate surface area is 224 Å². The van der Waals surface area contributed by atoms with Crippen LogP contribution in [0.25, 0.3) is 44.3 Å². The highest BCUT2D eigenvalue weighted by molar-refractivity contribution is 6.28. The molecule has 0 spiro atoms. The topological polar surface area (TPSA) is 107 Å². The van der Waals surface area contributed by atoms with E-state index in [1.165, 1.54) is 6.20 Å². The highest BCUT2D eigenvalue weighted by Crippen LogP contribution is 2.32. The smallest absolute Gasteiger partial charge is 0.343 e. The van der Waals surface area contributed by atoms with Crippen LogP contribution in [0.1, 0.15) is 39.8 Å². The third kappa shape index (κ3) is 4.92. The second kappa shape index (κ2) is 10.5. The second-order valence-electron chi connectivity index (χ2n) is 9.37. The Hall–Kier alpha value is -4.37. The quantitative estimate of drug-likeness (QED) is 0.278. The van der Waals surface area contributed by atoms with Crippen LogP contribution in [0.15, 0.2) is 78.6 Å². The number of fused-ring (bicyclic) bond motifs is 2. The lowest BCUT2D eigenvalue weighted by Crippen LogP contribution is -2.09. The summed E-state index contributed by atoms with van der Waals surface area (Å²) in [5.74, 6) is 0. The number of nitrogens with zero attached hydrogens (tertiary/aromatic N) is 7. The lowest BCUT2D eigenvalue weighted by Gasteiger charge is -2.07. The molecule has 38 heavy (non-hydrogen) atoms. The molecule has 0 fully saturated rings. The van der Waals surface area contributed by atoms with Gasteiger partial charge < -0.3 is 14.1 Å². The van der Waals surface area contributed by atoms with Crippen LogP contribution >= 0.6 is 11.6 Å². The Bertz CT molecular complexity index is 1780. The number of halogens is 1. The van der Waals surface area contributed by atoms with Gasteiger partial charge in [-0.1, -0.05) is 0 Å². The molecule has 0 unspecified atom stereocenters. The normalized spacial score (nSPS) is 11.3. The molecule has 0 aromatic carbocycles. The molecule has 0 aliphatic rings. The molecule has 0 saturated heterocycles. The van der Waals surface area contributed by atoms with Gasteiger partial charge in [-0.05, 0) is 63.6 Å². The molecule has 6 heterocycles. The third-order valence-electron chi connectivity index (χ3n) is 6.25. The van der Waals surface area contributed by atoms with Crippen molar-refractivity contribution in [2.24, 2.45) is 0 Å². The standard InChI is InChI=1S/C14H13ClN4.C14H14N4O/c1-9(2)19-8-11(10-3-5-16-7-13(10)19)12-4-6-17-14(15)18-12;1-9(2)18-8-11(10-3-5-15-7-13(10)18)12-4-6-16-14(19)17-12/h3-9H,1-2H3;3-9H,1-2H3,(H,16,17,19). The lowest BCUT2D eigenvalue weighted by atomic mass is 10.1. The zero-order valence-corrected chi connectivity index (χ0v) is 22.3. The SMILES string of the molecule is CC(C)n1cc(-c2ccnc(=O)[nH]2)c2ccncc21.CC(C)n1cc(-c2ccnc(Cl)n2)c2ccncc21. The largest absolute Gasteiger partial charge is 0.345 e. The maximum Gasteiger partial charge on any atom is 0.345 e. The summed E-state index contributed by atoms with van der Waals surface area (Å²) < 4.78 is 4.34. The Balaban J connectivity index is 0.000000155. The van der Waals surface area contributed by atoms with E-state index in [1.807, 2.05) is 36.8 Å². The van der Waals surface area contributed by atoms with Gasteiger partial charge in [0.1, 0.15) is 0 Å². The summed E-state index contributed by atoms with van der Waals surface area (Å²) in [6.45, 7) is 8.52. The van der Waals surface area contributed by atoms with Crippen molar-refractivity contribution in [2.45, 2.75) is 39.8 Å². The van der Waals surface area contributed by atoms with Crippen molar-refractivity contribution in [3.8, 4) is 22.5 Å². The number of hydrogen-bond donors (Lipinski definition) is 1. The molecule has 6 aromatic heterocycles. The van der Waals surface area contributed by atoms with E-state index in [2.05, 4.69) is 72.9 Å². The highest BCUT2D eigenvalue weighted by atomic mass is 35.5. The number of H-pyrrole nitrogens is 1. The fourth-order valence-corrected chi connectivity index (χ4v) is 4.63. The second-order valence-corrected chi connectivity index (χ2v) is 9.71. The molecule has 0 atom stereocenters. The van der Waals surface area contributed by atoms with E-state index in [0.29, 0.717) is 12.1 Å². The predicted molar refractivity (Wildman–Crippen MR) is 150 cm³/mol. The first-order valence-electron chi connectivity index (χ1n) is 12.3. The minimum atomic E-state index is -0.336. The first-order chi connectivity index (χ1) is 18.3. The molecule has 0 aliphatic heterocycles. The Morgan fingerprint density at radius 3 is 1.92 bits per heavy atom. The van der Waals surface area contributed by atoms with Crippen LogP contribution in [0, 0.1) is 0 Å². The van der Waals surface area contributed by atoms with E-state index >= 15 is 0 Å². The minimum absolute atomic E-state index is 0.261. The summed E-state index contributed by atoms with van der Waals surface area (Å²) in [5.41, 5.74) is 5.47. The van der Waals surface area contributed by atoms with Crippen LogP contribution in [0.2, 0.25) is 5.28 Å². The molecule has 0 radical (unpaired) electrons. The number of rotatable bonds is 4. The third-order valence-corrected chi connectivity index (χ3v) is 6.43. The zero-order chi connectivity index (χ0) is 26.8. The Morgan fingerprint density at radius 2 is 1.34 bits per heavy atom. The molecule has 9 nitrogen and oxygen atoms in total. The predicted octanol–water partition coefficient (Wildman–Crippen LogP) is 6.10. The summed E-state index contributed by atoms with van der Waals surface area (Å²) in [7, 11) is 0. The van der Waals surface area contributed by atoms with Crippen LogP contribution in [0.5, 0.6) is 0 Å². The van der Waals surface area contributed by atoms with Gasteiger partial charge in [0.05, 0.1) is 34.8 Å². The van der Waals surface area contributed by atoms with E-state index in [9.17, 15) is 4.79 Å². The summed E-state index contributed by atoms with van der Waals surface area (Å²) >= 11 is 5.87. The van der Waals surface area contributed by atoms with Gasteiger partial charge in [-0.2, -0.15) is 0 Å².